The summed E-state index contributed by atoms with van der Waals surface area (Å²) in [4.78, 5) is 34.5. The quantitative estimate of drug-likeness (QED) is 0.368. The van der Waals surface area contributed by atoms with E-state index >= 15 is 0 Å². The molecule has 2 N–H and O–H groups in total. The van der Waals surface area contributed by atoms with Gasteiger partial charge in [0.05, 0.1) is 35.5 Å². The number of ether oxygens (including phenoxy) is 1. The molecule has 1 aliphatic rings. The van der Waals surface area contributed by atoms with E-state index in [-0.39, 0.29) is 12.2 Å². The van der Waals surface area contributed by atoms with E-state index < -0.39 is 5.97 Å². The lowest BCUT2D eigenvalue weighted by Crippen LogP contribution is -2.36. The first-order valence-corrected chi connectivity index (χ1v) is 12.4. The van der Waals surface area contributed by atoms with Gasteiger partial charge in [0.1, 0.15) is 0 Å². The number of hydrogen-bond donors (Lipinski definition) is 2. The first-order chi connectivity index (χ1) is 17.5. The molecule has 4 aromatic rings. The zero-order valence-electron chi connectivity index (χ0n) is 19.8. The van der Waals surface area contributed by atoms with Gasteiger partial charge in [0.2, 0.25) is 5.95 Å². The van der Waals surface area contributed by atoms with Crippen LogP contribution in [0, 0.1) is 0 Å². The average Bonchev–Trinajstić information content (AvgIpc) is 3.31. The predicted molar refractivity (Wildman–Crippen MR) is 138 cm³/mol. The monoisotopic (exact) mass is 506 g/mol. The van der Waals surface area contributed by atoms with Crippen LogP contribution in [0.25, 0.3) is 21.6 Å². The number of hydrogen-bond acceptors (Lipinski definition) is 10. The Bertz CT molecular complexity index is 1370. The minimum absolute atomic E-state index is 0.0510. The van der Waals surface area contributed by atoms with Gasteiger partial charge in [0, 0.05) is 49.6 Å². The van der Waals surface area contributed by atoms with Crippen LogP contribution in [0.3, 0.4) is 0 Å². The number of aromatic carboxylic acids is 1. The highest BCUT2D eigenvalue weighted by Crippen LogP contribution is 2.35. The summed E-state index contributed by atoms with van der Waals surface area (Å²) in [6.07, 6.45) is 3.20. The Labute approximate surface area is 211 Å². The largest absolute Gasteiger partial charge is 0.478 e. The molecule has 0 amide bonds. The first kappa shape index (κ1) is 24.0. The summed E-state index contributed by atoms with van der Waals surface area (Å²) in [7, 11) is 1.87. The molecule has 1 saturated heterocycles. The minimum atomic E-state index is -1.05. The van der Waals surface area contributed by atoms with Crippen molar-refractivity contribution in [3.05, 3.63) is 58.7 Å². The molecule has 0 saturated carbocycles. The van der Waals surface area contributed by atoms with E-state index in [1.54, 1.807) is 11.3 Å². The van der Waals surface area contributed by atoms with Crippen molar-refractivity contribution in [3.8, 4) is 11.4 Å². The molecular weight excluding hydrogens is 480 g/mol. The summed E-state index contributed by atoms with van der Waals surface area (Å²) >= 11 is 1.63. The molecule has 0 spiro atoms. The topological polar surface area (TPSA) is 125 Å². The van der Waals surface area contributed by atoms with Crippen LogP contribution in [0.4, 0.5) is 11.8 Å². The Morgan fingerprint density at radius 2 is 1.94 bits per heavy atom. The number of rotatable bonds is 8. The summed E-state index contributed by atoms with van der Waals surface area (Å²) in [5, 5.41) is 18.4. The summed E-state index contributed by atoms with van der Waals surface area (Å²) in [6, 6.07) is 10.0. The van der Waals surface area contributed by atoms with Gasteiger partial charge in [-0.15, -0.1) is 11.3 Å². The second kappa shape index (κ2) is 10.5. The zero-order chi connectivity index (χ0) is 25.1. The fourth-order valence-electron chi connectivity index (χ4n) is 4.09. The molecule has 0 atom stereocenters. The van der Waals surface area contributed by atoms with E-state index in [0.29, 0.717) is 38.0 Å². The molecule has 186 valence electrons. The van der Waals surface area contributed by atoms with Gasteiger partial charge in [0.15, 0.2) is 11.6 Å². The molecule has 1 fully saturated rings. The average molecular weight is 507 g/mol. The van der Waals surface area contributed by atoms with Crippen LogP contribution in [0.5, 0.6) is 0 Å². The van der Waals surface area contributed by atoms with E-state index in [0.717, 1.165) is 45.1 Å². The number of carbonyl (C=O) groups is 1. The highest BCUT2D eigenvalue weighted by molar-refractivity contribution is 7.19. The Balaban J connectivity index is 1.50. The number of anilines is 2. The van der Waals surface area contributed by atoms with Crippen LogP contribution >= 0.6 is 11.3 Å². The molecule has 1 aliphatic heterocycles. The van der Waals surface area contributed by atoms with Gasteiger partial charge in [-0.05, 0) is 24.1 Å². The van der Waals surface area contributed by atoms with Crippen LogP contribution in [-0.4, -0.2) is 76.1 Å². The SMILES string of the molecule is CN(Cc1cc2nc(-c3cccc(CCO)c3)nc(N3CCOCC3)c2s1)c1ncc(C(=O)O)cn1. The van der Waals surface area contributed by atoms with Crippen LogP contribution in [-0.2, 0) is 17.7 Å². The van der Waals surface area contributed by atoms with Crippen molar-refractivity contribution < 1.29 is 19.7 Å². The van der Waals surface area contributed by atoms with E-state index in [1.807, 2.05) is 36.2 Å². The van der Waals surface area contributed by atoms with Gasteiger partial charge in [-0.25, -0.2) is 24.7 Å². The van der Waals surface area contributed by atoms with Crippen molar-refractivity contribution in [2.45, 2.75) is 13.0 Å². The smallest absolute Gasteiger partial charge is 0.338 e. The highest BCUT2D eigenvalue weighted by Gasteiger charge is 2.21. The molecule has 0 bridgehead atoms. The molecule has 10 nitrogen and oxygen atoms in total. The molecule has 5 rings (SSSR count). The molecular formula is C25H26N6O4S. The second-order valence-corrected chi connectivity index (χ2v) is 9.64. The Kier molecular flexibility index (Phi) is 7.03. The summed E-state index contributed by atoms with van der Waals surface area (Å²) in [5.41, 5.74) is 2.86. The van der Waals surface area contributed by atoms with Crippen LogP contribution in [0.1, 0.15) is 20.8 Å². The number of thiophene rings is 1. The molecule has 0 unspecified atom stereocenters. The molecule has 3 aromatic heterocycles. The van der Waals surface area contributed by atoms with Crippen molar-refractivity contribution in [2.24, 2.45) is 0 Å². The number of nitrogens with zero attached hydrogens (tertiary/aromatic N) is 6. The summed E-state index contributed by atoms with van der Waals surface area (Å²) < 4.78 is 6.57. The third kappa shape index (κ3) is 5.13. The number of carboxylic acid groups (broad SMARTS) is 1. The lowest BCUT2D eigenvalue weighted by Gasteiger charge is -2.28. The molecule has 0 aliphatic carbocycles. The summed E-state index contributed by atoms with van der Waals surface area (Å²) in [5.74, 6) is 0.930. The van der Waals surface area contributed by atoms with Gasteiger partial charge in [-0.2, -0.15) is 0 Å². The number of morpholine rings is 1. The van der Waals surface area contributed by atoms with Crippen LogP contribution in [0.15, 0.2) is 42.7 Å². The maximum Gasteiger partial charge on any atom is 0.338 e. The van der Waals surface area contributed by atoms with Gasteiger partial charge in [-0.3, -0.25) is 0 Å². The molecule has 11 heteroatoms. The molecule has 1 aromatic carbocycles. The maximum absolute atomic E-state index is 11.1. The van der Waals surface area contributed by atoms with Gasteiger partial charge in [0.25, 0.3) is 0 Å². The van der Waals surface area contributed by atoms with Crippen molar-refractivity contribution in [3.63, 3.8) is 0 Å². The first-order valence-electron chi connectivity index (χ1n) is 11.6. The van der Waals surface area contributed by atoms with Gasteiger partial charge >= 0.3 is 5.97 Å². The number of aliphatic hydroxyl groups is 1. The van der Waals surface area contributed by atoms with Crippen LogP contribution < -0.4 is 9.80 Å². The normalized spacial score (nSPS) is 13.8. The minimum Gasteiger partial charge on any atom is -0.478 e. The Morgan fingerprint density at radius 3 is 2.67 bits per heavy atom. The standard InChI is InChI=1S/C25H26N6O4S/c1-30(25-26-13-18(14-27-25)24(33)34)15-19-12-20-21(36-19)23(31-6-9-35-10-7-31)29-22(28-20)17-4-2-3-16(11-17)5-8-32/h2-4,11-14,32H,5-10,15H2,1H3,(H,33,34). The fourth-order valence-corrected chi connectivity index (χ4v) is 5.26. The van der Waals surface area contributed by atoms with Crippen molar-refractivity contribution in [2.75, 3.05) is 49.8 Å². The van der Waals surface area contributed by atoms with Crippen molar-refractivity contribution in [1.82, 2.24) is 19.9 Å². The third-order valence-corrected chi connectivity index (χ3v) is 7.03. The van der Waals surface area contributed by atoms with Gasteiger partial charge < -0.3 is 24.7 Å². The number of carboxylic acids is 1. The zero-order valence-corrected chi connectivity index (χ0v) is 20.6. The predicted octanol–water partition coefficient (Wildman–Crippen LogP) is 2.85. The van der Waals surface area contributed by atoms with Crippen LogP contribution in [0.2, 0.25) is 0 Å². The van der Waals surface area contributed by atoms with E-state index in [9.17, 15) is 9.90 Å². The lowest BCUT2D eigenvalue weighted by molar-refractivity contribution is 0.0696. The number of benzene rings is 1. The number of aromatic nitrogens is 4. The maximum atomic E-state index is 11.1. The van der Waals surface area contributed by atoms with E-state index in [4.69, 9.17) is 19.8 Å². The molecule has 0 radical (unpaired) electrons. The molecule has 4 heterocycles. The number of aliphatic hydroxyl groups excluding tert-OH is 1. The summed E-state index contributed by atoms with van der Waals surface area (Å²) in [6.45, 7) is 3.44. The lowest BCUT2D eigenvalue weighted by atomic mass is 10.1. The van der Waals surface area contributed by atoms with E-state index in [2.05, 4.69) is 20.9 Å². The van der Waals surface area contributed by atoms with Crippen molar-refractivity contribution >= 4 is 39.3 Å². The number of fused-ring (bicyclic) bond motifs is 1. The highest BCUT2D eigenvalue weighted by atomic mass is 32.1. The van der Waals surface area contributed by atoms with Gasteiger partial charge in [-0.1, -0.05) is 18.2 Å². The second-order valence-electron chi connectivity index (χ2n) is 8.50. The third-order valence-electron chi connectivity index (χ3n) is 5.92. The fraction of sp³-hybridized carbons (Fsp3) is 0.320. The van der Waals surface area contributed by atoms with E-state index in [1.165, 1.54) is 12.4 Å². The Hall–Kier alpha value is -3.67. The van der Waals surface area contributed by atoms with Crippen molar-refractivity contribution in [1.29, 1.82) is 0 Å². The molecule has 36 heavy (non-hydrogen) atoms. The Morgan fingerprint density at radius 1 is 1.17 bits per heavy atom.